The maximum absolute atomic E-state index is 11.5. The summed E-state index contributed by atoms with van der Waals surface area (Å²) < 4.78 is 12.9. The van der Waals surface area contributed by atoms with Crippen LogP contribution >= 0.6 is 0 Å². The maximum atomic E-state index is 11.5. The van der Waals surface area contributed by atoms with Crippen LogP contribution < -0.4 is 8.85 Å². The minimum atomic E-state index is -1.93. The van der Waals surface area contributed by atoms with Crippen LogP contribution in [0.2, 0.25) is 36.3 Å². The molecular formula is C29H46O4Si2. The fourth-order valence-electron chi connectivity index (χ4n) is 3.49. The molecule has 35 heavy (non-hydrogen) atoms. The molecule has 0 saturated carbocycles. The van der Waals surface area contributed by atoms with Crippen LogP contribution in [0, 0.1) is 0 Å². The summed E-state index contributed by atoms with van der Waals surface area (Å²) in [5.74, 6) is 0.963. The molecule has 0 amide bonds. The van der Waals surface area contributed by atoms with Gasteiger partial charge in [-0.2, -0.15) is 0 Å². The van der Waals surface area contributed by atoms with Crippen LogP contribution in [0.3, 0.4) is 0 Å². The van der Waals surface area contributed by atoms with E-state index in [1.807, 2.05) is 24.3 Å². The number of hydrogen-bond acceptors (Lipinski definition) is 3. The average molecular weight is 515 g/mol. The van der Waals surface area contributed by atoms with Crippen molar-refractivity contribution in [2.24, 2.45) is 0 Å². The highest BCUT2D eigenvalue weighted by Crippen LogP contribution is 2.41. The second kappa shape index (κ2) is 10.1. The Balaban J connectivity index is 2.37. The second-order valence-electron chi connectivity index (χ2n) is 13.0. The fourth-order valence-corrected chi connectivity index (χ4v) is 5.55. The van der Waals surface area contributed by atoms with Gasteiger partial charge in [0.1, 0.15) is 11.5 Å². The van der Waals surface area contributed by atoms with Crippen LogP contribution in [0.5, 0.6) is 11.5 Å². The van der Waals surface area contributed by atoms with E-state index in [9.17, 15) is 9.90 Å². The quantitative estimate of drug-likeness (QED) is 0.340. The zero-order valence-corrected chi connectivity index (χ0v) is 25.7. The fraction of sp³-hybridized carbons (Fsp3) is 0.552. The summed E-state index contributed by atoms with van der Waals surface area (Å²) in [6.45, 7) is 24.5. The SMILES string of the molecule is CC(CCC(=O)O)(c1ccc(O[Si](C)(C)C(C)(C)C)cc1)c1ccc(O[Si](C)(C)C(C)(C)C)cc1. The molecule has 0 aromatic heterocycles. The number of carbonyl (C=O) groups is 1. The van der Waals surface area contributed by atoms with E-state index in [1.54, 1.807) is 0 Å². The first-order chi connectivity index (χ1) is 15.8. The summed E-state index contributed by atoms with van der Waals surface area (Å²) >= 11 is 0. The van der Waals surface area contributed by atoms with Gasteiger partial charge in [-0.3, -0.25) is 4.79 Å². The third-order valence-electron chi connectivity index (χ3n) is 8.18. The molecule has 4 nitrogen and oxygen atoms in total. The van der Waals surface area contributed by atoms with Crippen molar-refractivity contribution >= 4 is 22.6 Å². The van der Waals surface area contributed by atoms with Crippen LogP contribution in [0.4, 0.5) is 0 Å². The van der Waals surface area contributed by atoms with E-state index in [0.717, 1.165) is 22.6 Å². The molecule has 6 heteroatoms. The zero-order valence-electron chi connectivity index (χ0n) is 23.7. The van der Waals surface area contributed by atoms with Crippen molar-refractivity contribution in [1.82, 2.24) is 0 Å². The van der Waals surface area contributed by atoms with Gasteiger partial charge in [0.2, 0.25) is 16.6 Å². The largest absolute Gasteiger partial charge is 0.544 e. The van der Waals surface area contributed by atoms with Crippen molar-refractivity contribution in [3.05, 3.63) is 59.7 Å². The molecule has 0 aliphatic heterocycles. The Morgan fingerprint density at radius 3 is 1.26 bits per heavy atom. The molecule has 0 bridgehead atoms. The molecule has 0 unspecified atom stereocenters. The first-order valence-corrected chi connectivity index (χ1v) is 18.4. The number of carboxylic acid groups (broad SMARTS) is 1. The highest BCUT2D eigenvalue weighted by atomic mass is 28.4. The van der Waals surface area contributed by atoms with Gasteiger partial charge in [-0.05, 0) is 78.1 Å². The molecule has 0 fully saturated rings. The highest BCUT2D eigenvalue weighted by Gasteiger charge is 2.40. The molecule has 2 aromatic carbocycles. The topological polar surface area (TPSA) is 55.8 Å². The summed E-state index contributed by atoms with van der Waals surface area (Å²) in [5, 5.41) is 9.68. The Morgan fingerprint density at radius 1 is 0.686 bits per heavy atom. The van der Waals surface area contributed by atoms with Gasteiger partial charge in [0.05, 0.1) is 0 Å². The van der Waals surface area contributed by atoms with Crippen LogP contribution in [0.25, 0.3) is 0 Å². The normalized spacial score (nSPS) is 13.5. The summed E-state index contributed by atoms with van der Waals surface area (Å²) in [6, 6.07) is 16.5. The van der Waals surface area contributed by atoms with E-state index in [-0.39, 0.29) is 16.5 Å². The van der Waals surface area contributed by atoms with Crippen molar-refractivity contribution in [3.63, 3.8) is 0 Å². The van der Waals surface area contributed by atoms with E-state index < -0.39 is 28.0 Å². The second-order valence-corrected chi connectivity index (χ2v) is 22.4. The van der Waals surface area contributed by atoms with E-state index in [4.69, 9.17) is 8.85 Å². The standard InChI is InChI=1S/C29H46O4Si2/c1-27(2,3)34(8,9)32-24-16-12-22(13-17-24)29(7,21-20-26(30)31)23-14-18-25(19-15-23)33-35(10,11)28(4,5)6/h12-19H,20-21H2,1-11H3,(H,30,31). The van der Waals surface area contributed by atoms with Crippen LogP contribution in [0.1, 0.15) is 72.4 Å². The lowest BCUT2D eigenvalue weighted by Crippen LogP contribution is -2.43. The molecule has 0 aliphatic rings. The molecule has 0 atom stereocenters. The van der Waals surface area contributed by atoms with Gasteiger partial charge in [0, 0.05) is 11.8 Å². The summed E-state index contributed by atoms with van der Waals surface area (Å²) in [4.78, 5) is 11.5. The third kappa shape index (κ3) is 7.00. The van der Waals surface area contributed by atoms with Crippen LogP contribution in [-0.4, -0.2) is 27.7 Å². The Labute approximate surface area is 215 Å². The maximum Gasteiger partial charge on any atom is 0.303 e. The minimum Gasteiger partial charge on any atom is -0.544 e. The number of benzene rings is 2. The Kier molecular flexibility index (Phi) is 8.45. The lowest BCUT2D eigenvalue weighted by Gasteiger charge is -2.37. The van der Waals surface area contributed by atoms with E-state index >= 15 is 0 Å². The predicted molar refractivity (Wildman–Crippen MR) is 152 cm³/mol. The smallest absolute Gasteiger partial charge is 0.303 e. The molecule has 194 valence electrons. The summed E-state index contributed by atoms with van der Waals surface area (Å²) in [7, 11) is -3.86. The highest BCUT2D eigenvalue weighted by molar-refractivity contribution is 6.75. The number of aliphatic carboxylic acids is 1. The monoisotopic (exact) mass is 514 g/mol. The molecule has 0 aliphatic carbocycles. The Hall–Kier alpha value is -2.06. The number of hydrogen-bond donors (Lipinski definition) is 1. The molecule has 0 heterocycles. The first-order valence-electron chi connectivity index (χ1n) is 12.6. The van der Waals surface area contributed by atoms with Gasteiger partial charge in [-0.1, -0.05) is 72.7 Å². The van der Waals surface area contributed by atoms with E-state index in [1.165, 1.54) is 0 Å². The summed E-state index contributed by atoms with van der Waals surface area (Å²) in [6.07, 6.45) is 0.605. The van der Waals surface area contributed by atoms with Gasteiger partial charge < -0.3 is 14.0 Å². The Morgan fingerprint density at radius 2 is 1.00 bits per heavy atom. The first kappa shape index (κ1) is 29.2. The summed E-state index contributed by atoms with van der Waals surface area (Å²) in [5.41, 5.74) is 1.72. The van der Waals surface area contributed by atoms with E-state index in [2.05, 4.69) is 98.9 Å². The molecular weight excluding hydrogens is 468 g/mol. The molecule has 0 radical (unpaired) electrons. The van der Waals surface area contributed by atoms with Gasteiger partial charge in [-0.25, -0.2) is 0 Å². The van der Waals surface area contributed by atoms with Gasteiger partial charge in [0.15, 0.2) is 0 Å². The van der Waals surface area contributed by atoms with Crippen molar-refractivity contribution < 1.29 is 18.8 Å². The lowest BCUT2D eigenvalue weighted by atomic mass is 9.73. The van der Waals surface area contributed by atoms with Gasteiger partial charge in [-0.15, -0.1) is 0 Å². The van der Waals surface area contributed by atoms with Crippen molar-refractivity contribution in [2.45, 2.75) is 103 Å². The molecule has 1 N–H and O–H groups in total. The molecule has 2 aromatic rings. The molecule has 0 saturated heterocycles. The minimum absolute atomic E-state index is 0.0982. The van der Waals surface area contributed by atoms with Crippen LogP contribution in [-0.2, 0) is 10.2 Å². The van der Waals surface area contributed by atoms with Crippen molar-refractivity contribution in [2.75, 3.05) is 0 Å². The van der Waals surface area contributed by atoms with Gasteiger partial charge in [0.25, 0.3) is 0 Å². The third-order valence-corrected chi connectivity index (χ3v) is 16.9. The zero-order chi connectivity index (χ0) is 26.9. The van der Waals surface area contributed by atoms with Crippen molar-refractivity contribution in [3.8, 4) is 11.5 Å². The number of carboxylic acids is 1. The number of rotatable bonds is 9. The average Bonchev–Trinajstić information content (AvgIpc) is 2.71. The molecule has 0 spiro atoms. The Bertz CT molecular complexity index is 923. The van der Waals surface area contributed by atoms with Crippen LogP contribution in [0.15, 0.2) is 48.5 Å². The predicted octanol–water partition coefficient (Wildman–Crippen LogP) is 8.63. The van der Waals surface area contributed by atoms with E-state index in [0.29, 0.717) is 6.42 Å². The van der Waals surface area contributed by atoms with Gasteiger partial charge >= 0.3 is 5.97 Å². The lowest BCUT2D eigenvalue weighted by molar-refractivity contribution is -0.137. The van der Waals surface area contributed by atoms with Crippen molar-refractivity contribution in [1.29, 1.82) is 0 Å². The molecule has 2 rings (SSSR count).